The number of nitrogens with one attached hydrogen (secondary N) is 2. The van der Waals surface area contributed by atoms with Gasteiger partial charge in [0, 0.05) is 23.2 Å². The molecule has 0 spiro atoms. The second-order valence-electron chi connectivity index (χ2n) is 6.66. The van der Waals surface area contributed by atoms with Crippen LogP contribution in [-0.4, -0.2) is 16.1 Å². The highest BCUT2D eigenvalue weighted by atomic mass is 19.1. The molecule has 0 aliphatic rings. The third-order valence-corrected chi connectivity index (χ3v) is 4.72. The van der Waals surface area contributed by atoms with Gasteiger partial charge in [-0.15, -0.1) is 0 Å². The largest absolute Gasteiger partial charge is 0.348 e. The van der Waals surface area contributed by atoms with Crippen LogP contribution in [0.1, 0.15) is 15.9 Å². The maximum Gasteiger partial charge on any atom is 0.277 e. The van der Waals surface area contributed by atoms with E-state index < -0.39 is 17.3 Å². The number of carbonyl (C=O) groups is 1. The normalized spacial score (nSPS) is 10.6. The number of benzene rings is 3. The second kappa shape index (κ2) is 8.53. The molecule has 30 heavy (non-hydrogen) atoms. The Labute approximate surface area is 172 Å². The van der Waals surface area contributed by atoms with Crippen molar-refractivity contribution in [3.05, 3.63) is 112 Å². The number of halogens is 1. The zero-order valence-electron chi connectivity index (χ0n) is 15.9. The van der Waals surface area contributed by atoms with Gasteiger partial charge in [-0.25, -0.2) is 9.49 Å². The lowest BCUT2D eigenvalue weighted by molar-refractivity contribution is 0.0949. The number of nitrogens with zero attached hydrogens (tertiary/aromatic N) is 1. The van der Waals surface area contributed by atoms with Gasteiger partial charge >= 0.3 is 0 Å². The van der Waals surface area contributed by atoms with Crippen molar-refractivity contribution < 1.29 is 9.18 Å². The Morgan fingerprint density at radius 1 is 0.867 bits per heavy atom. The Morgan fingerprint density at radius 2 is 1.47 bits per heavy atom. The molecule has 0 fully saturated rings. The first-order chi connectivity index (χ1) is 14.6. The van der Waals surface area contributed by atoms with E-state index in [0.717, 1.165) is 5.56 Å². The summed E-state index contributed by atoms with van der Waals surface area (Å²) in [5, 5.41) is 9.31. The number of hydrogen-bond acceptors (Lipinski definition) is 3. The fourth-order valence-corrected chi connectivity index (χ4v) is 3.26. The molecule has 4 aromatic rings. The summed E-state index contributed by atoms with van der Waals surface area (Å²) in [4.78, 5) is 25.7. The number of H-pyrrole nitrogens is 1. The molecular formula is C24H18FN3O2. The average Bonchev–Trinajstić information content (AvgIpc) is 2.79. The predicted octanol–water partition coefficient (Wildman–Crippen LogP) is 4.17. The van der Waals surface area contributed by atoms with E-state index in [9.17, 15) is 14.0 Å². The predicted molar refractivity (Wildman–Crippen MR) is 113 cm³/mol. The van der Waals surface area contributed by atoms with Crippen LogP contribution in [0.15, 0.2) is 89.7 Å². The molecule has 1 heterocycles. The van der Waals surface area contributed by atoms with Crippen LogP contribution in [-0.2, 0) is 6.54 Å². The van der Waals surface area contributed by atoms with Gasteiger partial charge < -0.3 is 5.32 Å². The van der Waals surface area contributed by atoms with Crippen LogP contribution in [0.3, 0.4) is 0 Å². The van der Waals surface area contributed by atoms with Gasteiger partial charge in [-0.2, -0.15) is 5.10 Å². The fraction of sp³-hybridized carbons (Fsp3) is 0.0417. The van der Waals surface area contributed by atoms with Crippen LogP contribution in [0.2, 0.25) is 0 Å². The Balaban J connectivity index is 1.81. The molecule has 0 unspecified atom stereocenters. The van der Waals surface area contributed by atoms with Gasteiger partial charge in [0.15, 0.2) is 0 Å². The summed E-state index contributed by atoms with van der Waals surface area (Å²) in [7, 11) is 0. The number of aromatic nitrogens is 2. The molecule has 0 aliphatic heterocycles. The molecule has 3 aromatic carbocycles. The molecule has 0 radical (unpaired) electrons. The summed E-state index contributed by atoms with van der Waals surface area (Å²) in [5.41, 5.74) is 2.02. The van der Waals surface area contributed by atoms with Crippen molar-refractivity contribution in [3.63, 3.8) is 0 Å². The lowest BCUT2D eigenvalue weighted by atomic mass is 9.95. The van der Waals surface area contributed by atoms with Gasteiger partial charge in [-0.1, -0.05) is 78.9 Å². The summed E-state index contributed by atoms with van der Waals surface area (Å²) < 4.78 is 13.9. The summed E-state index contributed by atoms with van der Waals surface area (Å²) in [6, 6.07) is 24.6. The topological polar surface area (TPSA) is 74.8 Å². The van der Waals surface area contributed by atoms with Crippen LogP contribution < -0.4 is 10.9 Å². The van der Waals surface area contributed by atoms with Crippen LogP contribution in [0, 0.1) is 5.82 Å². The van der Waals surface area contributed by atoms with Crippen molar-refractivity contribution in [2.75, 3.05) is 0 Å². The highest BCUT2D eigenvalue weighted by molar-refractivity contribution is 6.03. The molecule has 5 nitrogen and oxygen atoms in total. The van der Waals surface area contributed by atoms with Gasteiger partial charge in [-0.05, 0) is 11.6 Å². The van der Waals surface area contributed by atoms with Crippen LogP contribution in [0.4, 0.5) is 4.39 Å². The van der Waals surface area contributed by atoms with Gasteiger partial charge in [-0.3, -0.25) is 9.59 Å². The third-order valence-electron chi connectivity index (χ3n) is 4.72. The van der Waals surface area contributed by atoms with Gasteiger partial charge in [0.25, 0.3) is 11.5 Å². The first-order valence-electron chi connectivity index (χ1n) is 9.40. The summed E-state index contributed by atoms with van der Waals surface area (Å²) in [6.07, 6.45) is 0. The van der Waals surface area contributed by atoms with Crippen molar-refractivity contribution in [3.8, 4) is 22.4 Å². The second-order valence-corrected chi connectivity index (χ2v) is 6.66. The third kappa shape index (κ3) is 3.89. The minimum Gasteiger partial charge on any atom is -0.348 e. The van der Waals surface area contributed by atoms with Crippen molar-refractivity contribution in [1.82, 2.24) is 15.5 Å². The van der Waals surface area contributed by atoms with Gasteiger partial charge in [0.2, 0.25) is 0 Å². The van der Waals surface area contributed by atoms with Gasteiger partial charge in [0.1, 0.15) is 11.4 Å². The van der Waals surface area contributed by atoms with E-state index in [1.807, 2.05) is 60.7 Å². The quantitative estimate of drug-likeness (QED) is 0.529. The van der Waals surface area contributed by atoms with E-state index in [0.29, 0.717) is 22.4 Å². The van der Waals surface area contributed by atoms with E-state index in [2.05, 4.69) is 15.5 Å². The highest BCUT2D eigenvalue weighted by Crippen LogP contribution is 2.31. The number of amides is 1. The summed E-state index contributed by atoms with van der Waals surface area (Å²) in [6.45, 7) is -0.0395. The molecule has 0 aliphatic carbocycles. The van der Waals surface area contributed by atoms with Crippen LogP contribution >= 0.6 is 0 Å². The Hall–Kier alpha value is -4.06. The molecule has 1 amide bonds. The fourth-order valence-electron chi connectivity index (χ4n) is 3.26. The standard InChI is InChI=1S/C24H18FN3O2/c25-19-14-8-7-13-18(19)15-26-23(29)21-20(16-9-3-1-4-10-16)22(27-28-24(21)30)17-11-5-2-6-12-17/h1-14H,15H2,(H,26,29)(H,28,30). The monoisotopic (exact) mass is 399 g/mol. The van der Waals surface area contributed by atoms with Crippen molar-refractivity contribution >= 4 is 5.91 Å². The van der Waals surface area contributed by atoms with Crippen molar-refractivity contribution in [2.45, 2.75) is 6.54 Å². The SMILES string of the molecule is O=C(NCc1ccccc1F)c1c(-c2ccccc2)c(-c2ccccc2)n[nH]c1=O. The molecule has 2 N–H and O–H groups in total. The molecule has 0 saturated carbocycles. The zero-order chi connectivity index (χ0) is 20.9. The first-order valence-corrected chi connectivity index (χ1v) is 9.40. The Morgan fingerprint density at radius 3 is 2.13 bits per heavy atom. The molecule has 4 rings (SSSR count). The van der Waals surface area contributed by atoms with E-state index in [1.165, 1.54) is 6.07 Å². The molecule has 6 heteroatoms. The van der Waals surface area contributed by atoms with E-state index >= 15 is 0 Å². The van der Waals surface area contributed by atoms with Crippen molar-refractivity contribution in [1.29, 1.82) is 0 Å². The van der Waals surface area contributed by atoms with Crippen LogP contribution in [0.25, 0.3) is 22.4 Å². The van der Waals surface area contributed by atoms with Gasteiger partial charge in [0.05, 0.1) is 5.69 Å². The number of hydrogen-bond donors (Lipinski definition) is 2. The lowest BCUT2D eigenvalue weighted by Gasteiger charge is -2.14. The summed E-state index contributed by atoms with van der Waals surface area (Å²) >= 11 is 0. The van der Waals surface area contributed by atoms with E-state index in [4.69, 9.17) is 0 Å². The van der Waals surface area contributed by atoms with Crippen molar-refractivity contribution in [2.24, 2.45) is 0 Å². The maximum atomic E-state index is 13.9. The zero-order valence-corrected chi connectivity index (χ0v) is 15.9. The number of carbonyl (C=O) groups excluding carboxylic acids is 1. The van der Waals surface area contributed by atoms with Crippen LogP contribution in [0.5, 0.6) is 0 Å². The minimum absolute atomic E-state index is 0.0395. The Kier molecular flexibility index (Phi) is 5.48. The molecule has 148 valence electrons. The number of aromatic amines is 1. The Bertz CT molecular complexity index is 1240. The van der Waals surface area contributed by atoms with E-state index in [1.54, 1.807) is 18.2 Å². The molecular weight excluding hydrogens is 381 g/mol. The molecule has 1 aromatic heterocycles. The maximum absolute atomic E-state index is 13.9. The van der Waals surface area contributed by atoms with E-state index in [-0.39, 0.29) is 12.1 Å². The first kappa shape index (κ1) is 19.3. The highest BCUT2D eigenvalue weighted by Gasteiger charge is 2.23. The minimum atomic E-state index is -0.612. The number of rotatable bonds is 5. The molecule has 0 saturated heterocycles. The summed E-state index contributed by atoms with van der Waals surface area (Å²) in [5.74, 6) is -1.02. The smallest absolute Gasteiger partial charge is 0.277 e. The molecule has 0 bridgehead atoms. The molecule has 0 atom stereocenters. The average molecular weight is 399 g/mol. The lowest BCUT2D eigenvalue weighted by Crippen LogP contribution is -2.31.